The number of hydrogen-bond donors (Lipinski definition) is 1. The Hall–Kier alpha value is -0.830. The highest BCUT2D eigenvalue weighted by Gasteiger charge is 2.18. The molecule has 0 spiro atoms. The summed E-state index contributed by atoms with van der Waals surface area (Å²) in [4.78, 5) is 4.54. The summed E-state index contributed by atoms with van der Waals surface area (Å²) in [6.07, 6.45) is 4.42. The Morgan fingerprint density at radius 1 is 1.60 bits per heavy atom. The van der Waals surface area contributed by atoms with Crippen molar-refractivity contribution < 1.29 is 0 Å². The maximum atomic E-state index is 4.54. The topological polar surface area (TPSA) is 29.9 Å². The summed E-state index contributed by atoms with van der Waals surface area (Å²) in [7, 11) is 0. The first-order chi connectivity index (χ1) is 7.18. The van der Waals surface area contributed by atoms with Crippen LogP contribution in [0.15, 0.2) is 6.20 Å². The van der Waals surface area contributed by atoms with Crippen molar-refractivity contribution in [1.29, 1.82) is 0 Å². The molecule has 0 saturated carbocycles. The summed E-state index contributed by atoms with van der Waals surface area (Å²) >= 11 is 0. The molecule has 1 saturated heterocycles. The van der Waals surface area contributed by atoms with Crippen LogP contribution < -0.4 is 5.32 Å². The third-order valence-electron chi connectivity index (χ3n) is 3.21. The molecule has 15 heavy (non-hydrogen) atoms. The molecule has 0 bridgehead atoms. The van der Waals surface area contributed by atoms with Crippen molar-refractivity contribution in [1.82, 2.24) is 14.9 Å². The molecule has 1 aromatic rings. The van der Waals surface area contributed by atoms with Gasteiger partial charge in [-0.15, -0.1) is 0 Å². The molecule has 1 aliphatic rings. The van der Waals surface area contributed by atoms with Crippen LogP contribution in [0.1, 0.15) is 37.8 Å². The van der Waals surface area contributed by atoms with Crippen LogP contribution in [0.2, 0.25) is 0 Å². The van der Waals surface area contributed by atoms with Gasteiger partial charge in [0.2, 0.25) is 0 Å². The van der Waals surface area contributed by atoms with E-state index in [9.17, 15) is 0 Å². The first-order valence-corrected chi connectivity index (χ1v) is 5.92. The molecule has 1 fully saturated rings. The summed E-state index contributed by atoms with van der Waals surface area (Å²) in [5, 5.41) is 3.41. The van der Waals surface area contributed by atoms with E-state index < -0.39 is 0 Å². The highest BCUT2D eigenvalue weighted by atomic mass is 15.1. The lowest BCUT2D eigenvalue weighted by atomic mass is 10.0. The van der Waals surface area contributed by atoms with E-state index in [2.05, 4.69) is 35.6 Å². The molecule has 1 aliphatic heterocycles. The van der Waals surface area contributed by atoms with Gasteiger partial charge < -0.3 is 9.88 Å². The number of aryl methyl sites for hydroxylation is 1. The SMILES string of the molecule is Cc1cnc(C[C@@H]2CCNC2)n1C(C)C. The van der Waals surface area contributed by atoms with E-state index in [1.54, 1.807) is 0 Å². The van der Waals surface area contributed by atoms with E-state index in [0.717, 1.165) is 18.9 Å². The largest absolute Gasteiger partial charge is 0.330 e. The van der Waals surface area contributed by atoms with E-state index in [0.29, 0.717) is 6.04 Å². The van der Waals surface area contributed by atoms with Crippen LogP contribution in [0.5, 0.6) is 0 Å². The number of aromatic nitrogens is 2. The average Bonchev–Trinajstić information content (AvgIpc) is 2.76. The average molecular weight is 207 g/mol. The number of rotatable bonds is 3. The zero-order valence-corrected chi connectivity index (χ0v) is 9.95. The molecule has 84 valence electrons. The normalized spacial score (nSPS) is 21.5. The van der Waals surface area contributed by atoms with Crippen molar-refractivity contribution in [2.75, 3.05) is 13.1 Å². The lowest BCUT2D eigenvalue weighted by molar-refractivity contribution is 0.500. The van der Waals surface area contributed by atoms with Gasteiger partial charge in [0.05, 0.1) is 0 Å². The predicted molar refractivity (Wildman–Crippen MR) is 62.0 cm³/mol. The molecule has 3 nitrogen and oxygen atoms in total. The summed E-state index contributed by atoms with van der Waals surface area (Å²) < 4.78 is 2.36. The van der Waals surface area contributed by atoms with Crippen molar-refractivity contribution in [3.8, 4) is 0 Å². The van der Waals surface area contributed by atoms with Crippen LogP contribution in [0.25, 0.3) is 0 Å². The van der Waals surface area contributed by atoms with Gasteiger partial charge in [0.25, 0.3) is 0 Å². The van der Waals surface area contributed by atoms with Gasteiger partial charge in [-0.2, -0.15) is 0 Å². The van der Waals surface area contributed by atoms with E-state index in [4.69, 9.17) is 0 Å². The van der Waals surface area contributed by atoms with Crippen molar-refractivity contribution in [3.05, 3.63) is 17.7 Å². The molecule has 0 radical (unpaired) electrons. The Morgan fingerprint density at radius 3 is 3.00 bits per heavy atom. The smallest absolute Gasteiger partial charge is 0.109 e. The van der Waals surface area contributed by atoms with Crippen LogP contribution in [0, 0.1) is 12.8 Å². The van der Waals surface area contributed by atoms with Gasteiger partial charge >= 0.3 is 0 Å². The molecule has 2 rings (SSSR count). The van der Waals surface area contributed by atoms with Crippen LogP contribution in [-0.4, -0.2) is 22.6 Å². The number of imidazole rings is 1. The quantitative estimate of drug-likeness (QED) is 0.820. The maximum Gasteiger partial charge on any atom is 0.109 e. The number of nitrogens with zero attached hydrogens (tertiary/aromatic N) is 2. The Morgan fingerprint density at radius 2 is 2.40 bits per heavy atom. The zero-order valence-electron chi connectivity index (χ0n) is 9.95. The molecule has 0 aromatic carbocycles. The Bertz CT molecular complexity index is 322. The fourth-order valence-electron chi connectivity index (χ4n) is 2.50. The van der Waals surface area contributed by atoms with Crippen LogP contribution in [-0.2, 0) is 6.42 Å². The minimum absolute atomic E-state index is 0.525. The minimum Gasteiger partial charge on any atom is -0.330 e. The number of nitrogens with one attached hydrogen (secondary N) is 1. The molecule has 1 N–H and O–H groups in total. The summed E-state index contributed by atoms with van der Waals surface area (Å²) in [5.41, 5.74) is 1.28. The van der Waals surface area contributed by atoms with Crippen molar-refractivity contribution in [3.63, 3.8) is 0 Å². The Balaban J connectivity index is 2.13. The second-order valence-electron chi connectivity index (χ2n) is 4.84. The van der Waals surface area contributed by atoms with Gasteiger partial charge in [-0.25, -0.2) is 4.98 Å². The van der Waals surface area contributed by atoms with Gasteiger partial charge in [-0.1, -0.05) is 0 Å². The molecular weight excluding hydrogens is 186 g/mol. The van der Waals surface area contributed by atoms with Gasteiger partial charge in [-0.05, 0) is 46.2 Å². The summed E-state index contributed by atoms with van der Waals surface area (Å²) in [6.45, 7) is 8.93. The standard InChI is InChI=1S/C12H21N3/c1-9(2)15-10(3)7-14-12(15)6-11-4-5-13-8-11/h7,9,11,13H,4-6,8H2,1-3H3/t11-/m0/s1. The van der Waals surface area contributed by atoms with Crippen molar-refractivity contribution in [2.24, 2.45) is 5.92 Å². The monoisotopic (exact) mass is 207 g/mol. The van der Waals surface area contributed by atoms with E-state index in [1.807, 2.05) is 6.20 Å². The molecular formula is C12H21N3. The zero-order chi connectivity index (χ0) is 10.8. The molecule has 0 amide bonds. The van der Waals surface area contributed by atoms with E-state index >= 15 is 0 Å². The second kappa shape index (κ2) is 4.35. The van der Waals surface area contributed by atoms with Crippen LogP contribution >= 0.6 is 0 Å². The van der Waals surface area contributed by atoms with Crippen molar-refractivity contribution >= 4 is 0 Å². The second-order valence-corrected chi connectivity index (χ2v) is 4.84. The highest BCUT2D eigenvalue weighted by Crippen LogP contribution is 2.18. The predicted octanol–water partition coefficient (Wildman–Crippen LogP) is 1.92. The molecule has 2 heterocycles. The lowest BCUT2D eigenvalue weighted by Gasteiger charge is -2.15. The first kappa shape index (κ1) is 10.7. The highest BCUT2D eigenvalue weighted by molar-refractivity contribution is 5.06. The van der Waals surface area contributed by atoms with Gasteiger partial charge in [0.15, 0.2) is 0 Å². The molecule has 1 aromatic heterocycles. The summed E-state index contributed by atoms with van der Waals surface area (Å²) in [6, 6.07) is 0.525. The molecule has 3 heteroatoms. The third-order valence-corrected chi connectivity index (χ3v) is 3.21. The summed E-state index contributed by atoms with van der Waals surface area (Å²) in [5.74, 6) is 2.04. The van der Waals surface area contributed by atoms with Crippen LogP contribution in [0.3, 0.4) is 0 Å². The molecule has 0 unspecified atom stereocenters. The number of hydrogen-bond acceptors (Lipinski definition) is 2. The Labute approximate surface area is 91.9 Å². The fraction of sp³-hybridized carbons (Fsp3) is 0.750. The van der Waals surface area contributed by atoms with E-state index in [1.165, 1.54) is 24.5 Å². The first-order valence-electron chi connectivity index (χ1n) is 5.92. The third kappa shape index (κ3) is 2.23. The van der Waals surface area contributed by atoms with Gasteiger partial charge in [-0.3, -0.25) is 0 Å². The van der Waals surface area contributed by atoms with Crippen molar-refractivity contribution in [2.45, 2.75) is 39.7 Å². The van der Waals surface area contributed by atoms with Crippen LogP contribution in [0.4, 0.5) is 0 Å². The van der Waals surface area contributed by atoms with E-state index in [-0.39, 0.29) is 0 Å². The molecule has 0 aliphatic carbocycles. The maximum absolute atomic E-state index is 4.54. The lowest BCUT2D eigenvalue weighted by Crippen LogP contribution is -2.15. The Kier molecular flexibility index (Phi) is 3.10. The fourth-order valence-corrected chi connectivity index (χ4v) is 2.50. The van der Waals surface area contributed by atoms with Gasteiger partial charge in [0, 0.05) is 24.4 Å². The van der Waals surface area contributed by atoms with Gasteiger partial charge in [0.1, 0.15) is 5.82 Å². The molecule has 1 atom stereocenters. The minimum atomic E-state index is 0.525.